The summed E-state index contributed by atoms with van der Waals surface area (Å²) in [4.78, 5) is 37.6. The third-order valence-electron chi connectivity index (χ3n) is 7.70. The number of fused-ring (bicyclic) bond motifs is 1. The summed E-state index contributed by atoms with van der Waals surface area (Å²) < 4.78 is 1.00. The molecule has 2 aromatic carbocycles. The number of aromatic nitrogens is 2. The van der Waals surface area contributed by atoms with Crippen molar-refractivity contribution >= 4 is 44.8 Å². The van der Waals surface area contributed by atoms with E-state index >= 15 is 0 Å². The predicted octanol–water partition coefficient (Wildman–Crippen LogP) is 7.40. The maximum Gasteiger partial charge on any atom is 0.266 e. The van der Waals surface area contributed by atoms with Crippen LogP contribution in [0.2, 0.25) is 5.02 Å². The van der Waals surface area contributed by atoms with Gasteiger partial charge in [0, 0.05) is 59.1 Å². The second kappa shape index (κ2) is 12.2. The molecule has 6 rings (SSSR count). The van der Waals surface area contributed by atoms with Crippen LogP contribution < -0.4 is 5.32 Å². The standard InChI is InChI=1S/C33H29ClN4O2S/c34-30-28-6-1-2-7-29(28)41-31(30)33(40)38(21-22-4-3-5-25(20-22)23-12-16-35-17-13-23)27-10-8-26(9-11-27)37-32(39)24-14-18-36-19-15-24/h1-7,12-20,26-27H,8-11,21H2,(H,37,39). The quantitative estimate of drug-likeness (QED) is 0.218. The number of hydrogen-bond acceptors (Lipinski definition) is 5. The number of amides is 2. The SMILES string of the molecule is O=C(NC1CCC(N(Cc2cccc(-c3ccncc3)c2)C(=O)c2sc3ccccc3c2Cl)CC1)c1ccncc1. The number of carbonyl (C=O) groups excluding carboxylic acids is 2. The minimum absolute atomic E-state index is 0.0300. The summed E-state index contributed by atoms with van der Waals surface area (Å²) in [6.07, 6.45) is 9.99. The summed E-state index contributed by atoms with van der Waals surface area (Å²) in [6.45, 7) is 0.473. The van der Waals surface area contributed by atoms with Gasteiger partial charge < -0.3 is 10.2 Å². The normalized spacial score (nSPS) is 16.8. The Kier molecular flexibility index (Phi) is 8.07. The maximum atomic E-state index is 14.2. The molecular formula is C33H29ClN4O2S. The van der Waals surface area contributed by atoms with Crippen molar-refractivity contribution in [3.05, 3.63) is 119 Å². The van der Waals surface area contributed by atoms with E-state index in [0.29, 0.717) is 22.0 Å². The van der Waals surface area contributed by atoms with Crippen LogP contribution in [0.3, 0.4) is 0 Å². The Balaban J connectivity index is 1.24. The van der Waals surface area contributed by atoms with E-state index in [2.05, 4.69) is 33.5 Å². The van der Waals surface area contributed by atoms with E-state index in [1.165, 1.54) is 11.3 Å². The van der Waals surface area contributed by atoms with Crippen LogP contribution in [-0.4, -0.2) is 38.8 Å². The number of nitrogens with one attached hydrogen (secondary N) is 1. The predicted molar refractivity (Wildman–Crippen MR) is 164 cm³/mol. The molecule has 206 valence electrons. The van der Waals surface area contributed by atoms with E-state index in [9.17, 15) is 9.59 Å². The molecule has 8 heteroatoms. The van der Waals surface area contributed by atoms with Crippen LogP contribution in [0.5, 0.6) is 0 Å². The van der Waals surface area contributed by atoms with E-state index in [4.69, 9.17) is 11.6 Å². The largest absolute Gasteiger partial charge is 0.349 e. The molecule has 1 fully saturated rings. The molecule has 6 nitrogen and oxygen atoms in total. The van der Waals surface area contributed by atoms with Gasteiger partial charge in [0.1, 0.15) is 4.88 Å². The van der Waals surface area contributed by atoms with Crippen molar-refractivity contribution in [2.45, 2.75) is 44.3 Å². The highest BCUT2D eigenvalue weighted by atomic mass is 35.5. The van der Waals surface area contributed by atoms with Crippen LogP contribution in [0.1, 0.15) is 51.3 Å². The number of benzene rings is 2. The summed E-state index contributed by atoms with van der Waals surface area (Å²) >= 11 is 8.24. The molecule has 2 amide bonds. The maximum absolute atomic E-state index is 14.2. The first-order chi connectivity index (χ1) is 20.1. The fourth-order valence-electron chi connectivity index (χ4n) is 5.54. The minimum Gasteiger partial charge on any atom is -0.349 e. The molecule has 5 aromatic rings. The lowest BCUT2D eigenvalue weighted by Crippen LogP contribution is -2.45. The fourth-order valence-corrected chi connectivity index (χ4v) is 7.01. The number of hydrogen-bond donors (Lipinski definition) is 1. The van der Waals surface area contributed by atoms with E-state index in [1.807, 2.05) is 47.4 Å². The van der Waals surface area contributed by atoms with Crippen molar-refractivity contribution in [2.24, 2.45) is 0 Å². The van der Waals surface area contributed by atoms with E-state index in [1.54, 1.807) is 36.9 Å². The lowest BCUT2D eigenvalue weighted by molar-refractivity contribution is 0.0597. The minimum atomic E-state index is -0.0891. The molecule has 0 saturated heterocycles. The van der Waals surface area contributed by atoms with Gasteiger partial charge in [0.25, 0.3) is 11.8 Å². The Hall–Kier alpha value is -4.07. The summed E-state index contributed by atoms with van der Waals surface area (Å²) in [5.74, 6) is -0.136. The fraction of sp³-hybridized carbons (Fsp3) is 0.212. The molecule has 0 bridgehead atoms. The number of halogens is 1. The molecular weight excluding hydrogens is 552 g/mol. The Labute approximate surface area is 248 Å². The van der Waals surface area contributed by atoms with Gasteiger partial charge in [-0.1, -0.05) is 48.0 Å². The number of pyridine rings is 2. The molecule has 3 heterocycles. The zero-order valence-corrected chi connectivity index (χ0v) is 23.9. The van der Waals surface area contributed by atoms with Gasteiger partial charge >= 0.3 is 0 Å². The first-order valence-corrected chi connectivity index (χ1v) is 14.9. The monoisotopic (exact) mass is 580 g/mol. The van der Waals surface area contributed by atoms with Gasteiger partial charge in [-0.25, -0.2) is 0 Å². The van der Waals surface area contributed by atoms with Crippen molar-refractivity contribution < 1.29 is 9.59 Å². The summed E-state index contributed by atoms with van der Waals surface area (Å²) in [6, 6.07) is 23.7. The summed E-state index contributed by atoms with van der Waals surface area (Å²) in [5, 5.41) is 4.59. The Bertz CT molecular complexity index is 1670. The third-order valence-corrected chi connectivity index (χ3v) is 9.36. The van der Waals surface area contributed by atoms with Crippen molar-refractivity contribution in [2.75, 3.05) is 0 Å². The van der Waals surface area contributed by atoms with E-state index < -0.39 is 0 Å². The van der Waals surface area contributed by atoms with Crippen LogP contribution in [0, 0.1) is 0 Å². The average molecular weight is 581 g/mol. The Morgan fingerprint density at radius 2 is 1.56 bits per heavy atom. The first kappa shape index (κ1) is 27.1. The summed E-state index contributed by atoms with van der Waals surface area (Å²) in [7, 11) is 0. The van der Waals surface area contributed by atoms with E-state index in [0.717, 1.165) is 52.5 Å². The Morgan fingerprint density at radius 1 is 0.854 bits per heavy atom. The lowest BCUT2D eigenvalue weighted by atomic mass is 9.89. The van der Waals surface area contributed by atoms with Gasteiger partial charge in [-0.3, -0.25) is 19.6 Å². The molecule has 1 aliphatic carbocycles. The van der Waals surface area contributed by atoms with Crippen LogP contribution in [0.25, 0.3) is 21.2 Å². The number of carbonyl (C=O) groups is 2. The molecule has 1 N–H and O–H groups in total. The molecule has 0 atom stereocenters. The van der Waals surface area contributed by atoms with Crippen LogP contribution in [0.15, 0.2) is 97.6 Å². The molecule has 0 spiro atoms. The van der Waals surface area contributed by atoms with Crippen molar-refractivity contribution in [1.29, 1.82) is 0 Å². The molecule has 41 heavy (non-hydrogen) atoms. The third kappa shape index (κ3) is 6.01. The smallest absolute Gasteiger partial charge is 0.266 e. The first-order valence-electron chi connectivity index (χ1n) is 13.7. The van der Waals surface area contributed by atoms with Gasteiger partial charge in [-0.2, -0.15) is 0 Å². The molecule has 1 aliphatic rings. The molecule has 0 radical (unpaired) electrons. The van der Waals surface area contributed by atoms with E-state index in [-0.39, 0.29) is 23.9 Å². The lowest BCUT2D eigenvalue weighted by Gasteiger charge is -2.37. The van der Waals surface area contributed by atoms with Crippen LogP contribution in [0.4, 0.5) is 0 Å². The van der Waals surface area contributed by atoms with Gasteiger partial charge in [0.15, 0.2) is 0 Å². The highest BCUT2D eigenvalue weighted by Gasteiger charge is 2.32. The highest BCUT2D eigenvalue weighted by molar-refractivity contribution is 7.21. The zero-order valence-electron chi connectivity index (χ0n) is 22.4. The van der Waals surface area contributed by atoms with Crippen molar-refractivity contribution in [3.63, 3.8) is 0 Å². The highest BCUT2D eigenvalue weighted by Crippen LogP contribution is 2.37. The number of nitrogens with zero attached hydrogens (tertiary/aromatic N) is 3. The molecule has 3 aromatic heterocycles. The van der Waals surface area contributed by atoms with Gasteiger partial charge in [-0.05, 0) is 78.8 Å². The topological polar surface area (TPSA) is 75.2 Å². The second-order valence-electron chi connectivity index (χ2n) is 10.3. The molecule has 0 aliphatic heterocycles. The van der Waals surface area contributed by atoms with Gasteiger partial charge in [0.2, 0.25) is 0 Å². The van der Waals surface area contributed by atoms with Gasteiger partial charge in [-0.15, -0.1) is 11.3 Å². The second-order valence-corrected chi connectivity index (χ2v) is 11.8. The van der Waals surface area contributed by atoms with Crippen molar-refractivity contribution in [3.8, 4) is 11.1 Å². The average Bonchev–Trinajstić information content (AvgIpc) is 3.37. The molecule has 0 unspecified atom stereocenters. The van der Waals surface area contributed by atoms with Gasteiger partial charge in [0.05, 0.1) is 5.02 Å². The summed E-state index contributed by atoms with van der Waals surface area (Å²) in [5.41, 5.74) is 3.82. The number of thiophene rings is 1. The zero-order chi connectivity index (χ0) is 28.2. The molecule has 1 saturated carbocycles. The Morgan fingerprint density at radius 3 is 2.29 bits per heavy atom. The van der Waals surface area contributed by atoms with Crippen LogP contribution >= 0.6 is 22.9 Å². The van der Waals surface area contributed by atoms with Crippen LogP contribution in [-0.2, 0) is 6.54 Å². The van der Waals surface area contributed by atoms with Crippen molar-refractivity contribution in [1.82, 2.24) is 20.2 Å². The number of rotatable bonds is 7.